The molecule has 0 radical (unpaired) electrons. The van der Waals surface area contributed by atoms with Gasteiger partial charge in [0.05, 0.1) is 5.92 Å². The van der Waals surface area contributed by atoms with Crippen LogP contribution in [-0.2, 0) is 9.36 Å². The van der Waals surface area contributed by atoms with Crippen molar-refractivity contribution in [3.05, 3.63) is 34.4 Å². The van der Waals surface area contributed by atoms with E-state index in [9.17, 15) is 14.7 Å². The summed E-state index contributed by atoms with van der Waals surface area (Å²) in [6.07, 6.45) is 9.33. The van der Waals surface area contributed by atoms with E-state index < -0.39 is 17.3 Å². The summed E-state index contributed by atoms with van der Waals surface area (Å²) in [5.74, 6) is -0.900. The fourth-order valence-electron chi connectivity index (χ4n) is 5.58. The van der Waals surface area contributed by atoms with Gasteiger partial charge < -0.3 is 5.11 Å². The summed E-state index contributed by atoms with van der Waals surface area (Å²) in [5.41, 5.74) is 3.13. The Morgan fingerprint density at radius 1 is 1.03 bits per heavy atom. The molecule has 2 atom stereocenters. The Kier molecular flexibility index (Phi) is 11.6. The summed E-state index contributed by atoms with van der Waals surface area (Å²) in [6, 6.07) is 4.12. The molecule has 31 heavy (non-hydrogen) atoms. The number of Topliss-reactive ketones (excluding diaryl/α,β-unsaturated/α-hetero) is 1. The number of carbonyl (C=O) groups is 2. The molecule has 0 aliphatic heterocycles. The van der Waals surface area contributed by atoms with Crippen LogP contribution in [0.4, 0.5) is 0 Å². The minimum Gasteiger partial charge on any atom is -0.481 e. The maximum absolute atomic E-state index is 14.0. The highest BCUT2D eigenvalue weighted by Gasteiger charge is 2.50. The van der Waals surface area contributed by atoms with Crippen LogP contribution in [0.2, 0.25) is 0 Å². The van der Waals surface area contributed by atoms with Crippen molar-refractivity contribution in [3.8, 4) is 0 Å². The van der Waals surface area contributed by atoms with Crippen LogP contribution in [0, 0.1) is 38.0 Å². The number of benzene rings is 1. The lowest BCUT2D eigenvalue weighted by molar-refractivity contribution is -0.147. The zero-order chi connectivity index (χ0) is 23.6. The van der Waals surface area contributed by atoms with E-state index >= 15 is 0 Å². The maximum atomic E-state index is 14.0. The molecule has 1 N–H and O–H groups in total. The molecule has 1 fully saturated rings. The third-order valence-electron chi connectivity index (χ3n) is 7.18. The monoisotopic (exact) mass is 448 g/mol. The number of hydrogen-bond acceptors (Lipinski definition) is 3. The molecule has 2 rings (SSSR count). The number of carbonyl (C=O) groups excluding carboxylic acids is 1. The zero-order valence-electron chi connectivity index (χ0n) is 20.1. The first-order valence-electron chi connectivity index (χ1n) is 11.8. The van der Waals surface area contributed by atoms with E-state index in [1.54, 1.807) is 9.12 Å². The summed E-state index contributed by atoms with van der Waals surface area (Å²) < 4.78 is 8.06. The van der Waals surface area contributed by atoms with Gasteiger partial charge in [0.15, 0.2) is 5.78 Å². The number of ketones is 1. The Morgan fingerprint density at radius 2 is 1.58 bits per heavy atom. The highest BCUT2D eigenvalue weighted by atomic mass is 31.0. The molecule has 1 aromatic carbocycles. The lowest BCUT2D eigenvalue weighted by atomic mass is 9.59. The zero-order valence-corrected chi connectivity index (χ0v) is 21.1. The van der Waals surface area contributed by atoms with Gasteiger partial charge in [-0.1, -0.05) is 76.5 Å². The summed E-state index contributed by atoms with van der Waals surface area (Å²) in [6.45, 7) is 10.4. The van der Waals surface area contributed by atoms with Crippen molar-refractivity contribution in [1.29, 1.82) is 0 Å². The number of hydrogen-bond donors (Lipinski definition) is 1. The first kappa shape index (κ1) is 27.5. The second-order valence-electron chi connectivity index (χ2n) is 9.36. The van der Waals surface area contributed by atoms with Crippen molar-refractivity contribution < 1.29 is 19.3 Å². The summed E-state index contributed by atoms with van der Waals surface area (Å²) in [7, 11) is 1.72. The van der Waals surface area contributed by atoms with E-state index in [2.05, 4.69) is 26.0 Å². The third-order valence-corrected chi connectivity index (χ3v) is 7.18. The molecule has 0 saturated heterocycles. The maximum Gasteiger partial charge on any atom is 0.307 e. The van der Waals surface area contributed by atoms with Gasteiger partial charge in [0.25, 0.3) is 0 Å². The molecule has 4 nitrogen and oxygen atoms in total. The van der Waals surface area contributed by atoms with Gasteiger partial charge in [0.2, 0.25) is 0 Å². The number of rotatable bonds is 10. The molecule has 0 spiro atoms. The van der Waals surface area contributed by atoms with E-state index in [1.807, 2.05) is 20.8 Å². The van der Waals surface area contributed by atoms with Crippen molar-refractivity contribution in [1.82, 2.24) is 0 Å². The minimum absolute atomic E-state index is 0.0879. The predicted molar refractivity (Wildman–Crippen MR) is 129 cm³/mol. The van der Waals surface area contributed by atoms with E-state index in [0.29, 0.717) is 25.2 Å². The van der Waals surface area contributed by atoms with Crippen LogP contribution < -0.4 is 0 Å². The molecular weight excluding hydrogens is 407 g/mol. The Bertz CT molecular complexity index is 714. The molecule has 5 heteroatoms. The Labute approximate surface area is 190 Å². The molecule has 0 bridgehead atoms. The van der Waals surface area contributed by atoms with Gasteiger partial charge in [0, 0.05) is 11.0 Å². The Hall–Kier alpha value is -1.54. The summed E-state index contributed by atoms with van der Waals surface area (Å²) in [4.78, 5) is 26.6. The number of aryl methyl sites for hydroxylation is 3. The molecule has 0 heterocycles. The second-order valence-corrected chi connectivity index (χ2v) is 9.36. The fourth-order valence-corrected chi connectivity index (χ4v) is 5.58. The van der Waals surface area contributed by atoms with E-state index in [1.165, 1.54) is 0 Å². The number of carboxylic acids is 1. The first-order chi connectivity index (χ1) is 14.8. The number of carboxylic acid groups (broad SMARTS) is 1. The van der Waals surface area contributed by atoms with Crippen molar-refractivity contribution in [3.63, 3.8) is 0 Å². The summed E-state index contributed by atoms with van der Waals surface area (Å²) >= 11 is 0. The average molecular weight is 449 g/mol. The average Bonchev–Trinajstić information content (AvgIpc) is 2.74. The lowest BCUT2D eigenvalue weighted by Crippen LogP contribution is -2.45. The van der Waals surface area contributed by atoms with Crippen LogP contribution in [-0.4, -0.2) is 16.9 Å². The smallest absolute Gasteiger partial charge is 0.307 e. The molecular formula is C26H41O4P. The Morgan fingerprint density at radius 3 is 2.03 bits per heavy atom. The van der Waals surface area contributed by atoms with Crippen molar-refractivity contribution in [2.45, 2.75) is 98.8 Å². The van der Waals surface area contributed by atoms with Crippen LogP contribution in [0.3, 0.4) is 0 Å². The third kappa shape index (κ3) is 6.72. The van der Waals surface area contributed by atoms with Crippen LogP contribution in [0.15, 0.2) is 12.1 Å². The summed E-state index contributed by atoms with van der Waals surface area (Å²) in [5, 5.41) is 10.3. The highest BCUT2D eigenvalue weighted by molar-refractivity contribution is 7.00. The molecule has 1 aromatic rings. The second kappa shape index (κ2) is 13.1. The largest absolute Gasteiger partial charge is 0.481 e. The van der Waals surface area contributed by atoms with Crippen LogP contribution in [0.5, 0.6) is 0 Å². The molecule has 1 aliphatic rings. The normalized spacial score (nSPS) is 17.2. The first-order valence-corrected chi connectivity index (χ1v) is 12.2. The van der Waals surface area contributed by atoms with E-state index in [-0.39, 0.29) is 5.78 Å². The quantitative estimate of drug-likeness (QED) is 0.297. The molecule has 2 unspecified atom stereocenters. The van der Waals surface area contributed by atoms with Crippen molar-refractivity contribution in [2.75, 3.05) is 0 Å². The molecule has 1 aliphatic carbocycles. The van der Waals surface area contributed by atoms with Gasteiger partial charge in [-0.25, -0.2) is 0 Å². The van der Waals surface area contributed by atoms with Crippen LogP contribution in [0.1, 0.15) is 105 Å². The van der Waals surface area contributed by atoms with Gasteiger partial charge in [-0.15, -0.1) is 0 Å². The SMILES string of the molecule is CCCCC(CC)CC(C(=O)O)C1(C(=O)c2c(C)cc(C)cc2C)CCCCC1.O=P. The van der Waals surface area contributed by atoms with Gasteiger partial charge in [-0.05, 0) is 57.1 Å². The highest BCUT2D eigenvalue weighted by Crippen LogP contribution is 2.49. The van der Waals surface area contributed by atoms with Crippen LogP contribution in [0.25, 0.3) is 0 Å². The predicted octanol–water partition coefficient (Wildman–Crippen LogP) is 7.53. The molecule has 1 saturated carbocycles. The number of aliphatic carboxylic acids is 1. The minimum atomic E-state index is -0.780. The van der Waals surface area contributed by atoms with Crippen molar-refractivity contribution in [2.24, 2.45) is 17.3 Å². The van der Waals surface area contributed by atoms with Gasteiger partial charge in [-0.3, -0.25) is 14.2 Å². The van der Waals surface area contributed by atoms with E-state index in [0.717, 1.165) is 67.2 Å². The molecule has 174 valence electrons. The van der Waals surface area contributed by atoms with Crippen LogP contribution >= 0.6 is 9.12 Å². The van der Waals surface area contributed by atoms with E-state index in [4.69, 9.17) is 4.57 Å². The fraction of sp³-hybridized carbons (Fsp3) is 0.692. The standard InChI is InChI=1S/C26H40O3.HOP/c1-6-8-12-21(7-2)17-22(25(28)29)26(13-10-9-11-14-26)24(27)23-19(4)15-18(3)16-20(23)5;1-2/h15-16,21-22H,6-14,17H2,1-5H3,(H,28,29);2H. The van der Waals surface area contributed by atoms with Gasteiger partial charge >= 0.3 is 5.97 Å². The van der Waals surface area contributed by atoms with Crippen molar-refractivity contribution >= 4 is 20.9 Å². The Balaban J connectivity index is 0.00000233. The molecule has 0 amide bonds. The van der Waals surface area contributed by atoms with Gasteiger partial charge in [-0.2, -0.15) is 0 Å². The topological polar surface area (TPSA) is 71.4 Å². The van der Waals surface area contributed by atoms with Gasteiger partial charge in [0.1, 0.15) is 9.12 Å². The lowest BCUT2D eigenvalue weighted by Gasteiger charge is -2.42. The molecule has 0 aromatic heterocycles. The number of unbranched alkanes of at least 4 members (excludes halogenated alkanes) is 1.